The number of oxazole rings is 1. The van der Waals surface area contributed by atoms with Gasteiger partial charge >= 0.3 is 0 Å². The Bertz CT molecular complexity index is 271. The van der Waals surface area contributed by atoms with Crippen LogP contribution >= 0.6 is 0 Å². The lowest BCUT2D eigenvalue weighted by Crippen LogP contribution is -2.21. The van der Waals surface area contributed by atoms with E-state index in [0.717, 1.165) is 24.7 Å². The third-order valence-corrected chi connectivity index (χ3v) is 1.86. The molecular weight excluding hydrogens is 192 g/mol. The lowest BCUT2D eigenvalue weighted by atomic mass is 10.4. The van der Waals surface area contributed by atoms with Gasteiger partial charge in [0, 0.05) is 12.6 Å². The quantitative estimate of drug-likeness (QED) is 0.703. The van der Waals surface area contributed by atoms with Crippen LogP contribution in [0.4, 0.5) is 0 Å². The van der Waals surface area contributed by atoms with Crippen LogP contribution in [0.3, 0.4) is 0 Å². The van der Waals surface area contributed by atoms with E-state index in [1.54, 1.807) is 6.20 Å². The zero-order valence-corrected chi connectivity index (χ0v) is 9.75. The van der Waals surface area contributed by atoms with Crippen LogP contribution in [0.1, 0.15) is 38.8 Å². The van der Waals surface area contributed by atoms with Crippen LogP contribution in [0.15, 0.2) is 10.6 Å². The molecular formula is C11H20N2O2. The van der Waals surface area contributed by atoms with Crippen molar-refractivity contribution in [2.24, 2.45) is 0 Å². The third kappa shape index (κ3) is 4.95. The molecule has 0 radical (unpaired) electrons. The van der Waals surface area contributed by atoms with Crippen LogP contribution in [0, 0.1) is 0 Å². The largest absolute Gasteiger partial charge is 0.442 e. The van der Waals surface area contributed by atoms with E-state index < -0.39 is 0 Å². The van der Waals surface area contributed by atoms with Crippen molar-refractivity contribution in [2.45, 2.75) is 46.4 Å². The molecule has 4 nitrogen and oxygen atoms in total. The minimum Gasteiger partial charge on any atom is -0.442 e. The smallest absolute Gasteiger partial charge is 0.208 e. The molecule has 0 aliphatic heterocycles. The molecule has 4 heteroatoms. The summed E-state index contributed by atoms with van der Waals surface area (Å²) in [5.74, 6) is 1.52. The Kier molecular flexibility index (Phi) is 5.36. The first-order valence-electron chi connectivity index (χ1n) is 5.47. The highest BCUT2D eigenvalue weighted by Gasteiger charge is 2.04. The number of hydrogen-bond acceptors (Lipinski definition) is 4. The molecule has 0 saturated carbocycles. The molecule has 1 aromatic heterocycles. The lowest BCUT2D eigenvalue weighted by molar-refractivity contribution is 0.105. The number of ether oxygens (including phenoxy) is 1. The summed E-state index contributed by atoms with van der Waals surface area (Å²) in [7, 11) is 0. The predicted octanol–water partition coefficient (Wildman–Crippen LogP) is 2.10. The van der Waals surface area contributed by atoms with E-state index in [-0.39, 0.29) is 0 Å². The number of nitrogens with one attached hydrogen (secondary N) is 1. The first-order chi connectivity index (χ1) is 7.22. The van der Waals surface area contributed by atoms with E-state index in [9.17, 15) is 0 Å². The van der Waals surface area contributed by atoms with Gasteiger partial charge < -0.3 is 14.5 Å². The Hall–Kier alpha value is -0.870. The maximum Gasteiger partial charge on any atom is 0.208 e. The van der Waals surface area contributed by atoms with Crippen molar-refractivity contribution >= 4 is 0 Å². The topological polar surface area (TPSA) is 47.3 Å². The van der Waals surface area contributed by atoms with Gasteiger partial charge in [-0.2, -0.15) is 0 Å². The Morgan fingerprint density at radius 3 is 3.00 bits per heavy atom. The summed E-state index contributed by atoms with van der Waals surface area (Å²) >= 11 is 0. The molecule has 86 valence electrons. The molecule has 0 aliphatic carbocycles. The fraction of sp³-hybridized carbons (Fsp3) is 0.727. The maximum absolute atomic E-state index is 5.48. The van der Waals surface area contributed by atoms with E-state index in [2.05, 4.69) is 31.1 Å². The Morgan fingerprint density at radius 2 is 2.33 bits per heavy atom. The normalized spacial score (nSPS) is 11.2. The number of aromatic nitrogens is 1. The van der Waals surface area contributed by atoms with Crippen molar-refractivity contribution in [3.05, 3.63) is 17.8 Å². The molecule has 1 N–H and O–H groups in total. The molecule has 0 saturated heterocycles. The Labute approximate surface area is 91.0 Å². The van der Waals surface area contributed by atoms with E-state index in [0.29, 0.717) is 19.2 Å². The van der Waals surface area contributed by atoms with Crippen molar-refractivity contribution in [3.8, 4) is 0 Å². The number of nitrogens with zero attached hydrogens (tertiary/aromatic N) is 1. The van der Waals surface area contributed by atoms with Gasteiger partial charge in [0.1, 0.15) is 12.4 Å². The molecule has 0 atom stereocenters. The Morgan fingerprint density at radius 1 is 1.53 bits per heavy atom. The van der Waals surface area contributed by atoms with Crippen LogP contribution in [0.25, 0.3) is 0 Å². The molecule has 0 bridgehead atoms. The van der Waals surface area contributed by atoms with Gasteiger partial charge in [-0.1, -0.05) is 20.8 Å². The monoisotopic (exact) mass is 212 g/mol. The molecule has 1 heterocycles. The van der Waals surface area contributed by atoms with Crippen molar-refractivity contribution in [3.63, 3.8) is 0 Å². The first kappa shape index (κ1) is 12.2. The van der Waals surface area contributed by atoms with Gasteiger partial charge in [0.25, 0.3) is 0 Å². The van der Waals surface area contributed by atoms with Crippen molar-refractivity contribution in [1.82, 2.24) is 10.3 Å². The molecule has 0 aromatic carbocycles. The van der Waals surface area contributed by atoms with Crippen LogP contribution < -0.4 is 5.32 Å². The fourth-order valence-corrected chi connectivity index (χ4v) is 1.11. The highest BCUT2D eigenvalue weighted by molar-refractivity contribution is 4.92. The standard InChI is InChI=1S/C11H20N2O2/c1-4-5-14-8-10-6-13-11(15-10)7-12-9(2)3/h6,9,12H,4-5,7-8H2,1-3H3. The average Bonchev–Trinajstić information content (AvgIpc) is 2.63. The summed E-state index contributed by atoms with van der Waals surface area (Å²) in [5.41, 5.74) is 0. The summed E-state index contributed by atoms with van der Waals surface area (Å²) in [4.78, 5) is 4.16. The second-order valence-electron chi connectivity index (χ2n) is 3.81. The van der Waals surface area contributed by atoms with E-state index in [4.69, 9.17) is 9.15 Å². The van der Waals surface area contributed by atoms with Crippen LogP contribution in [-0.2, 0) is 17.9 Å². The van der Waals surface area contributed by atoms with Crippen LogP contribution in [0.5, 0.6) is 0 Å². The highest BCUT2D eigenvalue weighted by atomic mass is 16.5. The van der Waals surface area contributed by atoms with E-state index in [1.807, 2.05) is 0 Å². The molecule has 0 unspecified atom stereocenters. The summed E-state index contributed by atoms with van der Waals surface area (Å²) < 4.78 is 10.8. The summed E-state index contributed by atoms with van der Waals surface area (Å²) in [6.45, 7) is 8.22. The Balaban J connectivity index is 2.29. The summed E-state index contributed by atoms with van der Waals surface area (Å²) in [6.07, 6.45) is 2.75. The summed E-state index contributed by atoms with van der Waals surface area (Å²) in [5, 5.41) is 3.25. The van der Waals surface area contributed by atoms with Crippen LogP contribution in [-0.4, -0.2) is 17.6 Å². The first-order valence-corrected chi connectivity index (χ1v) is 5.47. The molecule has 0 aliphatic rings. The summed E-state index contributed by atoms with van der Waals surface area (Å²) in [6, 6.07) is 0.441. The van der Waals surface area contributed by atoms with Crippen molar-refractivity contribution in [2.75, 3.05) is 6.61 Å². The minimum atomic E-state index is 0.441. The van der Waals surface area contributed by atoms with Gasteiger partial charge in [0.15, 0.2) is 0 Å². The van der Waals surface area contributed by atoms with Crippen molar-refractivity contribution in [1.29, 1.82) is 0 Å². The molecule has 0 amide bonds. The van der Waals surface area contributed by atoms with Gasteiger partial charge in [0.2, 0.25) is 5.89 Å². The number of hydrogen-bond donors (Lipinski definition) is 1. The maximum atomic E-state index is 5.48. The zero-order valence-electron chi connectivity index (χ0n) is 9.75. The van der Waals surface area contributed by atoms with Gasteiger partial charge in [0.05, 0.1) is 12.7 Å². The number of rotatable bonds is 7. The van der Waals surface area contributed by atoms with E-state index in [1.165, 1.54) is 0 Å². The second-order valence-corrected chi connectivity index (χ2v) is 3.81. The molecule has 0 spiro atoms. The highest BCUT2D eigenvalue weighted by Crippen LogP contribution is 2.05. The predicted molar refractivity (Wildman–Crippen MR) is 58.4 cm³/mol. The zero-order chi connectivity index (χ0) is 11.1. The molecule has 1 aromatic rings. The third-order valence-electron chi connectivity index (χ3n) is 1.86. The van der Waals surface area contributed by atoms with Crippen molar-refractivity contribution < 1.29 is 9.15 Å². The second kappa shape index (κ2) is 6.58. The molecule has 1 rings (SSSR count). The van der Waals surface area contributed by atoms with E-state index >= 15 is 0 Å². The van der Waals surface area contributed by atoms with Gasteiger partial charge in [-0.25, -0.2) is 4.98 Å². The molecule has 15 heavy (non-hydrogen) atoms. The van der Waals surface area contributed by atoms with Gasteiger partial charge in [-0.15, -0.1) is 0 Å². The fourth-order valence-electron chi connectivity index (χ4n) is 1.11. The SMILES string of the molecule is CCCOCc1cnc(CNC(C)C)o1. The minimum absolute atomic E-state index is 0.441. The van der Waals surface area contributed by atoms with Gasteiger partial charge in [-0.05, 0) is 6.42 Å². The molecule has 0 fully saturated rings. The lowest BCUT2D eigenvalue weighted by Gasteiger charge is -2.04. The van der Waals surface area contributed by atoms with Crippen LogP contribution in [0.2, 0.25) is 0 Å². The average molecular weight is 212 g/mol. The van der Waals surface area contributed by atoms with Gasteiger partial charge in [-0.3, -0.25) is 0 Å².